The Morgan fingerprint density at radius 1 is 1.04 bits per heavy atom. The number of nitrogens with zero attached hydrogens (tertiary/aromatic N) is 1. The van der Waals surface area contributed by atoms with Crippen LogP contribution in [-0.4, -0.2) is 24.0 Å². The second kappa shape index (κ2) is 7.22. The normalized spacial score (nSPS) is 16.0. The van der Waals surface area contributed by atoms with Gasteiger partial charge < -0.3 is 15.5 Å². The molecule has 3 aromatic rings. The van der Waals surface area contributed by atoms with Gasteiger partial charge in [0.15, 0.2) is 0 Å². The second-order valence-electron chi connectivity index (χ2n) is 6.85. The van der Waals surface area contributed by atoms with Crippen LogP contribution in [0.25, 0.3) is 11.0 Å². The maximum Gasteiger partial charge on any atom is 0.361 e. The van der Waals surface area contributed by atoms with E-state index in [4.69, 9.17) is 10.2 Å². The number of nitrogen functional groups attached to an aromatic ring is 1. The summed E-state index contributed by atoms with van der Waals surface area (Å²) >= 11 is 0. The predicted octanol–water partition coefficient (Wildman–Crippen LogP) is 3.45. The number of para-hydroxylation sites is 1. The third-order valence-corrected chi connectivity index (χ3v) is 5.03. The van der Waals surface area contributed by atoms with Gasteiger partial charge in [-0.05, 0) is 30.5 Å². The van der Waals surface area contributed by atoms with Crippen LogP contribution in [0.2, 0.25) is 0 Å². The van der Waals surface area contributed by atoms with Crippen molar-refractivity contribution in [1.29, 1.82) is 0 Å². The molecule has 0 aliphatic carbocycles. The van der Waals surface area contributed by atoms with E-state index in [0.29, 0.717) is 17.3 Å². The van der Waals surface area contributed by atoms with Gasteiger partial charge in [0.05, 0.1) is 5.69 Å². The van der Waals surface area contributed by atoms with Gasteiger partial charge in [-0.25, -0.2) is 4.79 Å². The van der Waals surface area contributed by atoms with Crippen molar-refractivity contribution in [2.24, 2.45) is 0 Å². The number of nitrogens with two attached hydrogens (primary N) is 1. The van der Waals surface area contributed by atoms with Crippen molar-refractivity contribution in [2.75, 3.05) is 24.1 Å². The SMILES string of the molecule is Nc1c(NC2CCN(Cc3ccccc3)CC2)c2ccccc2oc1=O. The largest absolute Gasteiger partial charge is 0.421 e. The smallest absolute Gasteiger partial charge is 0.361 e. The summed E-state index contributed by atoms with van der Waals surface area (Å²) in [4.78, 5) is 14.5. The third kappa shape index (κ3) is 3.44. The van der Waals surface area contributed by atoms with Gasteiger partial charge in [-0.3, -0.25) is 4.90 Å². The number of nitrogens with one attached hydrogen (secondary N) is 1. The zero-order chi connectivity index (χ0) is 17.9. The number of likely N-dealkylation sites (tertiary alicyclic amines) is 1. The maximum atomic E-state index is 12.0. The van der Waals surface area contributed by atoms with Crippen LogP contribution in [0.3, 0.4) is 0 Å². The summed E-state index contributed by atoms with van der Waals surface area (Å²) in [5.41, 5.74) is 8.31. The maximum absolute atomic E-state index is 12.0. The average molecular weight is 349 g/mol. The van der Waals surface area contributed by atoms with Gasteiger partial charge in [0, 0.05) is 31.1 Å². The van der Waals surface area contributed by atoms with Crippen LogP contribution in [0, 0.1) is 0 Å². The Kier molecular flexibility index (Phi) is 4.63. The minimum atomic E-state index is -0.479. The summed E-state index contributed by atoms with van der Waals surface area (Å²) in [6, 6.07) is 18.4. The average Bonchev–Trinajstić information content (AvgIpc) is 2.67. The number of piperidine rings is 1. The lowest BCUT2D eigenvalue weighted by molar-refractivity contribution is 0.211. The fourth-order valence-corrected chi connectivity index (χ4v) is 3.60. The van der Waals surface area contributed by atoms with Gasteiger partial charge in [-0.2, -0.15) is 0 Å². The van der Waals surface area contributed by atoms with E-state index >= 15 is 0 Å². The summed E-state index contributed by atoms with van der Waals surface area (Å²) in [5.74, 6) is 0. The van der Waals surface area contributed by atoms with Crippen molar-refractivity contribution < 1.29 is 4.42 Å². The Hall–Kier alpha value is -2.79. The van der Waals surface area contributed by atoms with E-state index in [1.165, 1.54) is 5.56 Å². The summed E-state index contributed by atoms with van der Waals surface area (Å²) in [7, 11) is 0. The van der Waals surface area contributed by atoms with Gasteiger partial charge >= 0.3 is 5.63 Å². The lowest BCUT2D eigenvalue weighted by Crippen LogP contribution is -2.39. The third-order valence-electron chi connectivity index (χ3n) is 5.03. The van der Waals surface area contributed by atoms with E-state index in [1.54, 1.807) is 6.07 Å². The summed E-state index contributed by atoms with van der Waals surface area (Å²) in [6.07, 6.45) is 2.03. The van der Waals surface area contributed by atoms with Crippen LogP contribution >= 0.6 is 0 Å². The molecule has 1 saturated heterocycles. The first-order chi connectivity index (χ1) is 12.7. The van der Waals surface area contributed by atoms with Gasteiger partial charge in [0.2, 0.25) is 0 Å². The van der Waals surface area contributed by atoms with E-state index < -0.39 is 5.63 Å². The minimum Gasteiger partial charge on any atom is -0.421 e. The molecule has 134 valence electrons. The fourth-order valence-electron chi connectivity index (χ4n) is 3.60. The van der Waals surface area contributed by atoms with Crippen molar-refractivity contribution in [1.82, 2.24) is 4.90 Å². The molecule has 26 heavy (non-hydrogen) atoms. The van der Waals surface area contributed by atoms with Crippen molar-refractivity contribution in [2.45, 2.75) is 25.4 Å². The van der Waals surface area contributed by atoms with Crippen LogP contribution < -0.4 is 16.7 Å². The molecular formula is C21H23N3O2. The highest BCUT2D eigenvalue weighted by Gasteiger charge is 2.21. The van der Waals surface area contributed by atoms with Crippen LogP contribution in [0.1, 0.15) is 18.4 Å². The molecule has 0 radical (unpaired) electrons. The Balaban J connectivity index is 1.46. The molecule has 1 fully saturated rings. The fraction of sp³-hybridized carbons (Fsp3) is 0.286. The lowest BCUT2D eigenvalue weighted by atomic mass is 10.0. The van der Waals surface area contributed by atoms with E-state index in [2.05, 4.69) is 34.5 Å². The molecule has 3 N–H and O–H groups in total. The van der Waals surface area contributed by atoms with Crippen LogP contribution in [0.15, 0.2) is 63.8 Å². The molecule has 0 amide bonds. The number of fused-ring (bicyclic) bond motifs is 1. The molecule has 0 spiro atoms. The molecule has 1 aliphatic heterocycles. The van der Waals surface area contributed by atoms with E-state index in [1.807, 2.05) is 24.3 Å². The highest BCUT2D eigenvalue weighted by molar-refractivity contribution is 5.95. The van der Waals surface area contributed by atoms with E-state index in [9.17, 15) is 4.79 Å². The minimum absolute atomic E-state index is 0.162. The highest BCUT2D eigenvalue weighted by atomic mass is 16.4. The van der Waals surface area contributed by atoms with Gasteiger partial charge in [-0.1, -0.05) is 42.5 Å². The number of hydrogen-bond acceptors (Lipinski definition) is 5. The zero-order valence-electron chi connectivity index (χ0n) is 14.7. The molecule has 2 heterocycles. The first-order valence-electron chi connectivity index (χ1n) is 9.05. The van der Waals surface area contributed by atoms with Crippen LogP contribution in [0.5, 0.6) is 0 Å². The Morgan fingerprint density at radius 2 is 1.73 bits per heavy atom. The highest BCUT2D eigenvalue weighted by Crippen LogP contribution is 2.29. The topological polar surface area (TPSA) is 71.5 Å². The molecule has 5 nitrogen and oxygen atoms in total. The molecule has 2 aromatic carbocycles. The summed E-state index contributed by atoms with van der Waals surface area (Å²) < 4.78 is 5.28. The Labute approximate surface area is 152 Å². The predicted molar refractivity (Wildman–Crippen MR) is 105 cm³/mol. The number of hydrogen-bond donors (Lipinski definition) is 2. The van der Waals surface area contributed by atoms with Crippen molar-refractivity contribution in [3.63, 3.8) is 0 Å². The monoisotopic (exact) mass is 349 g/mol. The summed E-state index contributed by atoms with van der Waals surface area (Å²) in [6.45, 7) is 3.02. The van der Waals surface area contributed by atoms with Crippen molar-refractivity contribution >= 4 is 22.3 Å². The molecule has 4 rings (SSSR count). The van der Waals surface area contributed by atoms with Crippen LogP contribution in [0.4, 0.5) is 11.4 Å². The first kappa shape index (κ1) is 16.7. The van der Waals surface area contributed by atoms with Crippen molar-refractivity contribution in [3.8, 4) is 0 Å². The Morgan fingerprint density at radius 3 is 2.50 bits per heavy atom. The van der Waals surface area contributed by atoms with E-state index in [-0.39, 0.29) is 5.69 Å². The zero-order valence-corrected chi connectivity index (χ0v) is 14.7. The number of anilines is 2. The van der Waals surface area contributed by atoms with Gasteiger partial charge in [0.1, 0.15) is 11.3 Å². The first-order valence-corrected chi connectivity index (χ1v) is 9.05. The Bertz CT molecular complexity index is 944. The van der Waals surface area contributed by atoms with Crippen LogP contribution in [-0.2, 0) is 6.54 Å². The lowest BCUT2D eigenvalue weighted by Gasteiger charge is -2.33. The second-order valence-corrected chi connectivity index (χ2v) is 6.85. The molecule has 0 unspecified atom stereocenters. The summed E-state index contributed by atoms with van der Waals surface area (Å²) in [5, 5.41) is 4.36. The number of rotatable bonds is 4. The standard InChI is InChI=1S/C21H23N3O2/c22-19-20(17-8-4-5-9-18(17)26-21(19)25)23-16-10-12-24(13-11-16)14-15-6-2-1-3-7-15/h1-9,16,23H,10-14,22H2. The molecular weight excluding hydrogens is 326 g/mol. The van der Waals surface area contributed by atoms with Gasteiger partial charge in [-0.15, -0.1) is 0 Å². The van der Waals surface area contributed by atoms with E-state index in [0.717, 1.165) is 37.9 Å². The quantitative estimate of drug-likeness (QED) is 0.706. The molecule has 0 bridgehead atoms. The van der Waals surface area contributed by atoms with Crippen molar-refractivity contribution in [3.05, 3.63) is 70.6 Å². The number of benzene rings is 2. The molecule has 5 heteroatoms. The molecule has 0 atom stereocenters. The van der Waals surface area contributed by atoms with Gasteiger partial charge in [0.25, 0.3) is 0 Å². The molecule has 1 aromatic heterocycles. The molecule has 1 aliphatic rings. The molecule has 0 saturated carbocycles.